The number of hydrogen-bond acceptors (Lipinski definition) is 2. The van der Waals surface area contributed by atoms with Crippen LogP contribution in [0.15, 0.2) is 18.5 Å². The molecule has 1 aromatic heterocycles. The number of aromatic nitrogens is 1. The second-order valence-corrected chi connectivity index (χ2v) is 4.79. The Kier molecular flexibility index (Phi) is 4.02. The van der Waals surface area contributed by atoms with Gasteiger partial charge in [-0.2, -0.15) is 0 Å². The molecule has 90 valence electrons. The molecule has 1 saturated heterocycles. The van der Waals surface area contributed by atoms with E-state index in [2.05, 4.69) is 41.8 Å². The minimum atomic E-state index is 0.629. The van der Waals surface area contributed by atoms with E-state index in [0.29, 0.717) is 5.92 Å². The number of rotatable bonds is 4. The first kappa shape index (κ1) is 11.7. The van der Waals surface area contributed by atoms with Gasteiger partial charge in [0.2, 0.25) is 0 Å². The maximum Gasteiger partial charge on any atom is 0.0594 e. The van der Waals surface area contributed by atoms with E-state index in [1.165, 1.54) is 5.56 Å². The third kappa shape index (κ3) is 3.09. The summed E-state index contributed by atoms with van der Waals surface area (Å²) in [6.07, 6.45) is 4.46. The maximum absolute atomic E-state index is 5.34. The van der Waals surface area contributed by atoms with Crippen LogP contribution in [-0.4, -0.2) is 42.3 Å². The molecule has 3 heteroatoms. The Labute approximate surface area is 98.0 Å². The predicted octanol–water partition coefficient (Wildman–Crippen LogP) is 1.94. The average molecular weight is 222 g/mol. The van der Waals surface area contributed by atoms with Gasteiger partial charge in [-0.1, -0.05) is 13.8 Å². The summed E-state index contributed by atoms with van der Waals surface area (Å²) in [5.74, 6) is 0.629. The van der Waals surface area contributed by atoms with Gasteiger partial charge in [0.05, 0.1) is 13.2 Å². The summed E-state index contributed by atoms with van der Waals surface area (Å²) in [6.45, 7) is 10.6. The fourth-order valence-corrected chi connectivity index (χ4v) is 2.02. The van der Waals surface area contributed by atoms with Crippen molar-refractivity contribution >= 4 is 0 Å². The molecule has 0 aromatic carbocycles. The zero-order chi connectivity index (χ0) is 11.4. The number of morpholine rings is 1. The second-order valence-electron chi connectivity index (χ2n) is 4.79. The zero-order valence-electron chi connectivity index (χ0n) is 10.4. The SMILES string of the molecule is CC(C)c1ccn(CCN2CCOCC2)c1. The van der Waals surface area contributed by atoms with Crippen molar-refractivity contribution < 1.29 is 4.74 Å². The molecule has 0 aliphatic carbocycles. The van der Waals surface area contributed by atoms with E-state index in [9.17, 15) is 0 Å². The molecule has 0 atom stereocenters. The minimum absolute atomic E-state index is 0.629. The molecule has 0 saturated carbocycles. The van der Waals surface area contributed by atoms with Gasteiger partial charge in [0.15, 0.2) is 0 Å². The van der Waals surface area contributed by atoms with Gasteiger partial charge in [-0.05, 0) is 17.5 Å². The Balaban J connectivity index is 1.79. The molecular formula is C13H22N2O. The summed E-state index contributed by atoms with van der Waals surface area (Å²) in [5, 5.41) is 0. The number of ether oxygens (including phenoxy) is 1. The monoisotopic (exact) mass is 222 g/mol. The fraction of sp³-hybridized carbons (Fsp3) is 0.692. The van der Waals surface area contributed by atoms with Crippen LogP contribution in [0.25, 0.3) is 0 Å². The van der Waals surface area contributed by atoms with Crippen LogP contribution in [0.3, 0.4) is 0 Å². The first-order valence-corrected chi connectivity index (χ1v) is 6.21. The number of nitrogens with zero attached hydrogens (tertiary/aromatic N) is 2. The van der Waals surface area contributed by atoms with E-state index >= 15 is 0 Å². The van der Waals surface area contributed by atoms with Crippen LogP contribution in [-0.2, 0) is 11.3 Å². The molecule has 0 radical (unpaired) electrons. The average Bonchev–Trinajstić information content (AvgIpc) is 2.76. The van der Waals surface area contributed by atoms with E-state index in [1.807, 2.05) is 0 Å². The molecule has 0 spiro atoms. The Hall–Kier alpha value is -0.800. The highest BCUT2D eigenvalue weighted by Gasteiger charge is 2.09. The Bertz CT molecular complexity index is 313. The molecule has 0 amide bonds. The van der Waals surface area contributed by atoms with Gasteiger partial charge in [-0.15, -0.1) is 0 Å². The van der Waals surface area contributed by atoms with Gasteiger partial charge in [0.1, 0.15) is 0 Å². The van der Waals surface area contributed by atoms with Crippen molar-refractivity contribution in [3.63, 3.8) is 0 Å². The van der Waals surface area contributed by atoms with Gasteiger partial charge < -0.3 is 9.30 Å². The maximum atomic E-state index is 5.34. The van der Waals surface area contributed by atoms with Crippen LogP contribution in [0.1, 0.15) is 25.3 Å². The summed E-state index contributed by atoms with van der Waals surface area (Å²) < 4.78 is 7.64. The van der Waals surface area contributed by atoms with Crippen molar-refractivity contribution in [2.75, 3.05) is 32.8 Å². The van der Waals surface area contributed by atoms with Gasteiger partial charge in [-0.25, -0.2) is 0 Å². The molecule has 3 nitrogen and oxygen atoms in total. The number of hydrogen-bond donors (Lipinski definition) is 0. The van der Waals surface area contributed by atoms with E-state index in [-0.39, 0.29) is 0 Å². The molecule has 1 aliphatic rings. The quantitative estimate of drug-likeness (QED) is 0.774. The topological polar surface area (TPSA) is 17.4 Å². The van der Waals surface area contributed by atoms with E-state index in [1.54, 1.807) is 0 Å². The van der Waals surface area contributed by atoms with E-state index in [0.717, 1.165) is 39.4 Å². The van der Waals surface area contributed by atoms with Crippen molar-refractivity contribution in [2.24, 2.45) is 0 Å². The lowest BCUT2D eigenvalue weighted by Crippen LogP contribution is -2.38. The van der Waals surface area contributed by atoms with Crippen molar-refractivity contribution in [3.05, 3.63) is 24.0 Å². The molecule has 0 N–H and O–H groups in total. The highest BCUT2D eigenvalue weighted by atomic mass is 16.5. The molecular weight excluding hydrogens is 200 g/mol. The largest absolute Gasteiger partial charge is 0.379 e. The predicted molar refractivity (Wildman–Crippen MR) is 65.8 cm³/mol. The Morgan fingerprint density at radius 1 is 1.25 bits per heavy atom. The van der Waals surface area contributed by atoms with Crippen molar-refractivity contribution in [1.29, 1.82) is 0 Å². The molecule has 1 fully saturated rings. The van der Waals surface area contributed by atoms with Gasteiger partial charge in [-0.3, -0.25) is 4.90 Å². The molecule has 2 heterocycles. The van der Waals surface area contributed by atoms with E-state index in [4.69, 9.17) is 4.74 Å². The van der Waals surface area contributed by atoms with Gasteiger partial charge >= 0.3 is 0 Å². The zero-order valence-corrected chi connectivity index (χ0v) is 10.4. The molecule has 2 rings (SSSR count). The van der Waals surface area contributed by atoms with Gasteiger partial charge in [0.25, 0.3) is 0 Å². The minimum Gasteiger partial charge on any atom is -0.379 e. The summed E-state index contributed by atoms with van der Waals surface area (Å²) in [5.41, 5.74) is 1.43. The Morgan fingerprint density at radius 2 is 2.00 bits per heavy atom. The second kappa shape index (κ2) is 5.51. The fourth-order valence-electron chi connectivity index (χ4n) is 2.02. The van der Waals surface area contributed by atoms with Crippen molar-refractivity contribution in [2.45, 2.75) is 26.3 Å². The summed E-state index contributed by atoms with van der Waals surface area (Å²) in [7, 11) is 0. The highest BCUT2D eigenvalue weighted by molar-refractivity contribution is 5.14. The lowest BCUT2D eigenvalue weighted by molar-refractivity contribution is 0.0364. The van der Waals surface area contributed by atoms with E-state index < -0.39 is 0 Å². The Morgan fingerprint density at radius 3 is 2.62 bits per heavy atom. The molecule has 1 aliphatic heterocycles. The van der Waals surface area contributed by atoms with Crippen LogP contribution < -0.4 is 0 Å². The summed E-state index contributed by atoms with van der Waals surface area (Å²) in [4.78, 5) is 2.47. The molecule has 0 unspecified atom stereocenters. The third-order valence-corrected chi connectivity index (χ3v) is 3.22. The van der Waals surface area contributed by atoms with Crippen LogP contribution in [0.5, 0.6) is 0 Å². The standard InChI is InChI=1S/C13H22N2O/c1-12(2)13-3-4-15(11-13)6-5-14-7-9-16-10-8-14/h3-4,11-12H,5-10H2,1-2H3. The smallest absolute Gasteiger partial charge is 0.0594 e. The van der Waals surface area contributed by atoms with Gasteiger partial charge in [0, 0.05) is 38.6 Å². The normalized spacial score (nSPS) is 18.2. The molecule has 1 aromatic rings. The molecule has 16 heavy (non-hydrogen) atoms. The summed E-state index contributed by atoms with van der Waals surface area (Å²) >= 11 is 0. The molecule has 0 bridgehead atoms. The lowest BCUT2D eigenvalue weighted by Gasteiger charge is -2.26. The third-order valence-electron chi connectivity index (χ3n) is 3.22. The first-order chi connectivity index (χ1) is 7.75. The first-order valence-electron chi connectivity index (χ1n) is 6.21. The van der Waals surface area contributed by atoms with Crippen molar-refractivity contribution in [1.82, 2.24) is 9.47 Å². The van der Waals surface area contributed by atoms with Crippen molar-refractivity contribution in [3.8, 4) is 0 Å². The van der Waals surface area contributed by atoms with Crippen LogP contribution in [0, 0.1) is 0 Å². The van der Waals surface area contributed by atoms with Crippen LogP contribution in [0.4, 0.5) is 0 Å². The lowest BCUT2D eigenvalue weighted by atomic mass is 10.1. The van der Waals surface area contributed by atoms with Crippen LogP contribution in [0.2, 0.25) is 0 Å². The van der Waals surface area contributed by atoms with Crippen LogP contribution >= 0.6 is 0 Å². The highest BCUT2D eigenvalue weighted by Crippen LogP contribution is 2.14. The summed E-state index contributed by atoms with van der Waals surface area (Å²) in [6, 6.07) is 2.23.